The Balaban J connectivity index is 1.69. The number of nitro benzene ring substituents is 1. The quantitative estimate of drug-likeness (QED) is 0.495. The molecular formula is C18H15ClN2O5. The normalized spacial score (nSPS) is 13.3. The van der Waals surface area contributed by atoms with E-state index in [0.717, 1.165) is 6.42 Å². The molecule has 2 aromatic rings. The maximum absolute atomic E-state index is 12.1. The van der Waals surface area contributed by atoms with Gasteiger partial charge in [-0.2, -0.15) is 0 Å². The average Bonchev–Trinajstić information content (AvgIpc) is 2.85. The Morgan fingerprint density at radius 1 is 1.15 bits per heavy atom. The van der Waals surface area contributed by atoms with Gasteiger partial charge in [0.05, 0.1) is 18.1 Å². The van der Waals surface area contributed by atoms with Crippen LogP contribution in [0.2, 0.25) is 5.02 Å². The predicted molar refractivity (Wildman–Crippen MR) is 97.8 cm³/mol. The summed E-state index contributed by atoms with van der Waals surface area (Å²) in [6.45, 7) is 1.15. The van der Waals surface area contributed by atoms with Crippen LogP contribution in [0, 0.1) is 10.1 Å². The molecule has 1 aliphatic heterocycles. The van der Waals surface area contributed by atoms with Gasteiger partial charge < -0.3 is 14.8 Å². The molecule has 0 aliphatic carbocycles. The lowest BCUT2D eigenvalue weighted by Gasteiger charge is -2.09. The van der Waals surface area contributed by atoms with Crippen LogP contribution >= 0.6 is 11.6 Å². The van der Waals surface area contributed by atoms with Crippen molar-refractivity contribution in [2.24, 2.45) is 0 Å². The topological polar surface area (TPSA) is 90.7 Å². The molecule has 7 nitrogen and oxygen atoms in total. The van der Waals surface area contributed by atoms with Crippen LogP contribution in [0.25, 0.3) is 6.08 Å². The Morgan fingerprint density at radius 2 is 1.92 bits per heavy atom. The Bertz CT molecular complexity index is 882. The minimum Gasteiger partial charge on any atom is -0.490 e. The number of nitrogens with zero attached hydrogens (tertiary/aromatic N) is 1. The highest BCUT2D eigenvalue weighted by Gasteiger charge is 2.13. The molecule has 0 bridgehead atoms. The second kappa shape index (κ2) is 7.88. The second-order valence-electron chi connectivity index (χ2n) is 5.50. The van der Waals surface area contributed by atoms with Crippen LogP contribution in [0.3, 0.4) is 0 Å². The number of hydrogen-bond acceptors (Lipinski definition) is 5. The van der Waals surface area contributed by atoms with Crippen molar-refractivity contribution in [3.63, 3.8) is 0 Å². The third-order valence-electron chi connectivity index (χ3n) is 3.61. The van der Waals surface area contributed by atoms with E-state index in [1.165, 1.54) is 24.3 Å². The molecule has 1 aliphatic rings. The van der Waals surface area contributed by atoms with Crippen molar-refractivity contribution in [2.75, 3.05) is 18.5 Å². The van der Waals surface area contributed by atoms with E-state index in [2.05, 4.69) is 5.32 Å². The van der Waals surface area contributed by atoms with Crippen LogP contribution in [-0.2, 0) is 4.79 Å². The van der Waals surface area contributed by atoms with E-state index in [1.54, 1.807) is 24.3 Å². The van der Waals surface area contributed by atoms with Crippen LogP contribution in [0.5, 0.6) is 11.5 Å². The first-order valence-corrected chi connectivity index (χ1v) is 8.23. The van der Waals surface area contributed by atoms with Crippen LogP contribution < -0.4 is 14.8 Å². The largest absolute Gasteiger partial charge is 0.490 e. The first-order valence-electron chi connectivity index (χ1n) is 7.85. The average molecular weight is 375 g/mol. The monoisotopic (exact) mass is 374 g/mol. The van der Waals surface area contributed by atoms with Gasteiger partial charge >= 0.3 is 0 Å². The molecular weight excluding hydrogens is 360 g/mol. The van der Waals surface area contributed by atoms with E-state index >= 15 is 0 Å². The maximum atomic E-state index is 12.1. The lowest BCUT2D eigenvalue weighted by molar-refractivity contribution is -0.384. The number of carbonyl (C=O) groups is 1. The fourth-order valence-electron chi connectivity index (χ4n) is 2.37. The molecule has 0 aromatic heterocycles. The molecule has 1 N–H and O–H groups in total. The summed E-state index contributed by atoms with van der Waals surface area (Å²) >= 11 is 5.76. The number of benzene rings is 2. The maximum Gasteiger partial charge on any atom is 0.288 e. The van der Waals surface area contributed by atoms with Crippen LogP contribution in [0.15, 0.2) is 42.5 Å². The molecule has 0 spiro atoms. The van der Waals surface area contributed by atoms with E-state index in [0.29, 0.717) is 36.0 Å². The van der Waals surface area contributed by atoms with E-state index < -0.39 is 4.92 Å². The summed E-state index contributed by atoms with van der Waals surface area (Å²) in [7, 11) is 0. The Labute approximate surface area is 154 Å². The summed E-state index contributed by atoms with van der Waals surface area (Å²) in [5.74, 6) is 0.846. The molecule has 8 heteroatoms. The van der Waals surface area contributed by atoms with Crippen LogP contribution in [0.4, 0.5) is 11.4 Å². The number of carbonyl (C=O) groups excluding carboxylic acids is 1. The molecule has 0 radical (unpaired) electrons. The number of ether oxygens (including phenoxy) is 2. The molecule has 0 saturated carbocycles. The number of hydrogen-bond donors (Lipinski definition) is 1. The smallest absolute Gasteiger partial charge is 0.288 e. The van der Waals surface area contributed by atoms with Gasteiger partial charge in [0.25, 0.3) is 5.69 Å². The number of nitro groups is 1. The summed E-state index contributed by atoms with van der Waals surface area (Å²) in [6.07, 6.45) is 3.56. The van der Waals surface area contributed by atoms with Crippen molar-refractivity contribution in [1.82, 2.24) is 0 Å². The lowest BCUT2D eigenvalue weighted by Crippen LogP contribution is -2.08. The highest BCUT2D eigenvalue weighted by Crippen LogP contribution is 2.32. The van der Waals surface area contributed by atoms with Crippen LogP contribution in [-0.4, -0.2) is 24.0 Å². The van der Waals surface area contributed by atoms with E-state index in [4.69, 9.17) is 21.1 Å². The minimum atomic E-state index is -0.572. The van der Waals surface area contributed by atoms with Gasteiger partial charge in [-0.3, -0.25) is 14.9 Å². The molecule has 1 heterocycles. The van der Waals surface area contributed by atoms with Gasteiger partial charge in [0.2, 0.25) is 5.91 Å². The molecule has 2 aromatic carbocycles. The molecule has 134 valence electrons. The summed E-state index contributed by atoms with van der Waals surface area (Å²) in [6, 6.07) is 9.46. The molecule has 26 heavy (non-hydrogen) atoms. The SMILES string of the molecule is O=C(/C=C/c1ccc(Cl)c([N+](=O)[O-])c1)Nc1ccc2c(c1)OCCCO2. The Morgan fingerprint density at radius 3 is 2.69 bits per heavy atom. The first kappa shape index (κ1) is 17.8. The zero-order chi connectivity index (χ0) is 18.5. The molecule has 0 atom stereocenters. The number of fused-ring (bicyclic) bond motifs is 1. The minimum absolute atomic E-state index is 0.0452. The van der Waals surface area contributed by atoms with Gasteiger partial charge in [-0.05, 0) is 29.8 Å². The summed E-state index contributed by atoms with van der Waals surface area (Å²) in [5.41, 5.74) is 0.845. The third-order valence-corrected chi connectivity index (χ3v) is 3.93. The van der Waals surface area contributed by atoms with E-state index in [1.807, 2.05) is 0 Å². The van der Waals surface area contributed by atoms with Crippen molar-refractivity contribution in [3.05, 3.63) is 63.2 Å². The highest BCUT2D eigenvalue weighted by molar-refractivity contribution is 6.32. The van der Waals surface area contributed by atoms with E-state index in [9.17, 15) is 14.9 Å². The summed E-state index contributed by atoms with van der Waals surface area (Å²) < 4.78 is 11.1. The number of rotatable bonds is 4. The standard InChI is InChI=1S/C18H15ClN2O5/c19-14-5-2-12(10-15(14)21(23)24)3-7-18(22)20-13-4-6-16-17(11-13)26-9-1-8-25-16/h2-7,10-11H,1,8-9H2,(H,20,22)/b7-3+. The third kappa shape index (κ3) is 4.31. The Hall–Kier alpha value is -3.06. The first-order chi connectivity index (χ1) is 12.5. The van der Waals surface area contributed by atoms with Crippen molar-refractivity contribution in [1.29, 1.82) is 0 Å². The van der Waals surface area contributed by atoms with Crippen molar-refractivity contribution in [2.45, 2.75) is 6.42 Å². The van der Waals surface area contributed by atoms with Gasteiger partial charge in [-0.1, -0.05) is 17.7 Å². The number of halogens is 1. The molecule has 0 unspecified atom stereocenters. The fourth-order valence-corrected chi connectivity index (χ4v) is 2.56. The van der Waals surface area contributed by atoms with Gasteiger partial charge in [-0.15, -0.1) is 0 Å². The predicted octanol–water partition coefficient (Wildman–Crippen LogP) is 4.06. The van der Waals surface area contributed by atoms with Crippen molar-refractivity contribution >= 4 is 35.0 Å². The van der Waals surface area contributed by atoms with Crippen molar-refractivity contribution < 1.29 is 19.2 Å². The van der Waals surface area contributed by atoms with Crippen LogP contribution in [0.1, 0.15) is 12.0 Å². The van der Waals surface area contributed by atoms with Crippen molar-refractivity contribution in [3.8, 4) is 11.5 Å². The fraction of sp³-hybridized carbons (Fsp3) is 0.167. The van der Waals surface area contributed by atoms with Gasteiger partial charge in [0, 0.05) is 30.3 Å². The zero-order valence-electron chi connectivity index (χ0n) is 13.6. The summed E-state index contributed by atoms with van der Waals surface area (Å²) in [5, 5.41) is 13.6. The van der Waals surface area contributed by atoms with Gasteiger partial charge in [-0.25, -0.2) is 0 Å². The summed E-state index contributed by atoms with van der Waals surface area (Å²) in [4.78, 5) is 22.4. The zero-order valence-corrected chi connectivity index (χ0v) is 14.4. The second-order valence-corrected chi connectivity index (χ2v) is 5.91. The molecule has 3 rings (SSSR count). The number of nitrogens with one attached hydrogen (secondary N) is 1. The molecule has 0 fully saturated rings. The number of anilines is 1. The van der Waals surface area contributed by atoms with Gasteiger partial charge in [0.15, 0.2) is 11.5 Å². The van der Waals surface area contributed by atoms with Gasteiger partial charge in [0.1, 0.15) is 5.02 Å². The Kier molecular flexibility index (Phi) is 5.38. The molecule has 0 saturated heterocycles. The molecule has 1 amide bonds. The lowest BCUT2D eigenvalue weighted by atomic mass is 10.2. The van der Waals surface area contributed by atoms with E-state index in [-0.39, 0.29) is 16.6 Å². The number of amides is 1. The highest BCUT2D eigenvalue weighted by atomic mass is 35.5.